The molecular formula is C19H22N2O3. The number of anilines is 2. The molecule has 2 aromatic carbocycles. The molecule has 0 heterocycles. The monoisotopic (exact) mass is 326 g/mol. The van der Waals surface area contributed by atoms with Crippen LogP contribution in [0, 0.1) is 0 Å². The molecular weight excluding hydrogens is 304 g/mol. The van der Waals surface area contributed by atoms with Crippen molar-refractivity contribution in [1.82, 2.24) is 0 Å². The molecule has 0 spiro atoms. The van der Waals surface area contributed by atoms with E-state index in [1.165, 1.54) is 6.92 Å². The number of amides is 2. The van der Waals surface area contributed by atoms with Gasteiger partial charge >= 0.3 is 0 Å². The lowest BCUT2D eigenvalue weighted by atomic mass is 10.0. The minimum Gasteiger partial charge on any atom is -0.495 e. The quantitative estimate of drug-likeness (QED) is 0.871. The van der Waals surface area contributed by atoms with Gasteiger partial charge in [0.2, 0.25) is 5.91 Å². The molecule has 0 aliphatic carbocycles. The van der Waals surface area contributed by atoms with Gasteiger partial charge in [0.25, 0.3) is 5.91 Å². The molecule has 0 bridgehead atoms. The standard InChI is InChI=1S/C19H22N2O3/c1-12(2)15-7-10-18(24-4)17(11-15)21-19(23)14-5-8-16(9-6-14)20-13(3)22/h5-12H,1-4H3,(H,20,22)(H,21,23). The molecule has 2 aromatic rings. The summed E-state index contributed by atoms with van der Waals surface area (Å²) >= 11 is 0. The first-order valence-electron chi connectivity index (χ1n) is 7.77. The van der Waals surface area contributed by atoms with Crippen LogP contribution in [-0.4, -0.2) is 18.9 Å². The Labute approximate surface area is 142 Å². The Kier molecular flexibility index (Phi) is 5.58. The van der Waals surface area contributed by atoms with Gasteiger partial charge in [0.1, 0.15) is 5.75 Å². The van der Waals surface area contributed by atoms with E-state index in [0.29, 0.717) is 28.6 Å². The number of hydrogen-bond acceptors (Lipinski definition) is 3. The highest BCUT2D eigenvalue weighted by atomic mass is 16.5. The maximum atomic E-state index is 12.4. The molecule has 0 aromatic heterocycles. The Morgan fingerprint density at radius 1 is 1.00 bits per heavy atom. The minimum absolute atomic E-state index is 0.151. The van der Waals surface area contributed by atoms with Gasteiger partial charge in [-0.2, -0.15) is 0 Å². The second kappa shape index (κ2) is 7.64. The van der Waals surface area contributed by atoms with Crippen molar-refractivity contribution in [3.63, 3.8) is 0 Å². The number of hydrogen-bond donors (Lipinski definition) is 2. The Bertz CT molecular complexity index is 737. The maximum Gasteiger partial charge on any atom is 0.255 e. The first kappa shape index (κ1) is 17.5. The minimum atomic E-state index is -0.233. The van der Waals surface area contributed by atoms with Crippen LogP contribution >= 0.6 is 0 Å². The predicted molar refractivity (Wildman–Crippen MR) is 95.8 cm³/mol. The van der Waals surface area contributed by atoms with E-state index >= 15 is 0 Å². The van der Waals surface area contributed by atoms with Crippen molar-refractivity contribution in [3.05, 3.63) is 53.6 Å². The van der Waals surface area contributed by atoms with E-state index in [0.717, 1.165) is 5.56 Å². The first-order valence-corrected chi connectivity index (χ1v) is 7.77. The van der Waals surface area contributed by atoms with E-state index in [2.05, 4.69) is 24.5 Å². The van der Waals surface area contributed by atoms with Gasteiger partial charge in [-0.1, -0.05) is 19.9 Å². The molecule has 0 saturated heterocycles. The fourth-order valence-corrected chi connectivity index (χ4v) is 2.29. The van der Waals surface area contributed by atoms with Crippen LogP contribution in [0.3, 0.4) is 0 Å². The summed E-state index contributed by atoms with van der Waals surface area (Å²) in [4.78, 5) is 23.5. The molecule has 0 atom stereocenters. The van der Waals surface area contributed by atoms with Crippen LogP contribution in [-0.2, 0) is 4.79 Å². The Morgan fingerprint density at radius 2 is 1.67 bits per heavy atom. The van der Waals surface area contributed by atoms with Crippen LogP contribution in [0.25, 0.3) is 0 Å². The van der Waals surface area contributed by atoms with E-state index in [-0.39, 0.29) is 11.8 Å². The molecule has 0 saturated carbocycles. The number of nitrogens with one attached hydrogen (secondary N) is 2. The molecule has 0 aliphatic heterocycles. The zero-order valence-electron chi connectivity index (χ0n) is 14.3. The third kappa shape index (κ3) is 4.35. The number of carbonyl (C=O) groups is 2. The zero-order chi connectivity index (χ0) is 17.7. The average Bonchev–Trinajstić information content (AvgIpc) is 2.54. The molecule has 5 nitrogen and oxygen atoms in total. The topological polar surface area (TPSA) is 67.4 Å². The van der Waals surface area contributed by atoms with Gasteiger partial charge in [0.15, 0.2) is 0 Å². The molecule has 0 aliphatic rings. The zero-order valence-corrected chi connectivity index (χ0v) is 14.3. The van der Waals surface area contributed by atoms with Crippen LogP contribution in [0.4, 0.5) is 11.4 Å². The number of methoxy groups -OCH3 is 1. The van der Waals surface area contributed by atoms with Crippen molar-refractivity contribution < 1.29 is 14.3 Å². The molecule has 0 radical (unpaired) electrons. The van der Waals surface area contributed by atoms with Gasteiger partial charge in [-0.3, -0.25) is 9.59 Å². The third-order valence-electron chi connectivity index (χ3n) is 3.61. The smallest absolute Gasteiger partial charge is 0.255 e. The second-order valence-corrected chi connectivity index (χ2v) is 5.83. The molecule has 0 unspecified atom stereocenters. The summed E-state index contributed by atoms with van der Waals surface area (Å²) in [6, 6.07) is 12.5. The summed E-state index contributed by atoms with van der Waals surface area (Å²) < 4.78 is 5.32. The second-order valence-electron chi connectivity index (χ2n) is 5.83. The van der Waals surface area contributed by atoms with E-state index in [1.54, 1.807) is 31.4 Å². The molecule has 2 amide bonds. The number of benzene rings is 2. The van der Waals surface area contributed by atoms with Crippen LogP contribution in [0.1, 0.15) is 42.6 Å². The molecule has 2 N–H and O–H groups in total. The molecule has 24 heavy (non-hydrogen) atoms. The summed E-state index contributed by atoms with van der Waals surface area (Å²) in [6.45, 7) is 5.62. The summed E-state index contributed by atoms with van der Waals surface area (Å²) in [5.74, 6) is 0.581. The lowest BCUT2D eigenvalue weighted by molar-refractivity contribution is -0.114. The number of carbonyl (C=O) groups excluding carboxylic acids is 2. The summed E-state index contributed by atoms with van der Waals surface area (Å²) in [6.07, 6.45) is 0. The Morgan fingerprint density at radius 3 is 2.21 bits per heavy atom. The van der Waals surface area contributed by atoms with Crippen molar-refractivity contribution in [1.29, 1.82) is 0 Å². The van der Waals surface area contributed by atoms with E-state index in [1.807, 2.05) is 18.2 Å². The highest BCUT2D eigenvalue weighted by molar-refractivity contribution is 6.05. The Hall–Kier alpha value is -2.82. The van der Waals surface area contributed by atoms with Crippen molar-refractivity contribution >= 4 is 23.2 Å². The van der Waals surface area contributed by atoms with Gasteiger partial charge in [-0.15, -0.1) is 0 Å². The van der Waals surface area contributed by atoms with Crippen molar-refractivity contribution in [3.8, 4) is 5.75 Å². The molecule has 5 heteroatoms. The average molecular weight is 326 g/mol. The highest BCUT2D eigenvalue weighted by Gasteiger charge is 2.12. The summed E-state index contributed by atoms with van der Waals surface area (Å²) in [7, 11) is 1.57. The van der Waals surface area contributed by atoms with Crippen LogP contribution in [0.5, 0.6) is 5.75 Å². The van der Waals surface area contributed by atoms with Crippen molar-refractivity contribution in [2.24, 2.45) is 0 Å². The van der Waals surface area contributed by atoms with Gasteiger partial charge in [0, 0.05) is 18.2 Å². The van der Waals surface area contributed by atoms with E-state index in [9.17, 15) is 9.59 Å². The van der Waals surface area contributed by atoms with E-state index < -0.39 is 0 Å². The van der Waals surface area contributed by atoms with Gasteiger partial charge in [-0.25, -0.2) is 0 Å². The summed E-state index contributed by atoms with van der Waals surface area (Å²) in [5, 5.41) is 5.55. The maximum absolute atomic E-state index is 12.4. The van der Waals surface area contributed by atoms with Crippen LogP contribution in [0.15, 0.2) is 42.5 Å². The largest absolute Gasteiger partial charge is 0.495 e. The third-order valence-corrected chi connectivity index (χ3v) is 3.61. The van der Waals surface area contributed by atoms with Crippen molar-refractivity contribution in [2.45, 2.75) is 26.7 Å². The SMILES string of the molecule is COc1ccc(C(C)C)cc1NC(=O)c1ccc(NC(C)=O)cc1. The summed E-state index contributed by atoms with van der Waals surface area (Å²) in [5.41, 5.74) is 2.91. The lowest BCUT2D eigenvalue weighted by Gasteiger charge is -2.14. The van der Waals surface area contributed by atoms with Crippen LogP contribution < -0.4 is 15.4 Å². The van der Waals surface area contributed by atoms with Crippen molar-refractivity contribution in [2.75, 3.05) is 17.7 Å². The fourth-order valence-electron chi connectivity index (χ4n) is 2.29. The van der Waals surface area contributed by atoms with Crippen LogP contribution in [0.2, 0.25) is 0 Å². The Balaban J connectivity index is 2.19. The molecule has 2 rings (SSSR count). The highest BCUT2D eigenvalue weighted by Crippen LogP contribution is 2.29. The number of ether oxygens (including phenoxy) is 1. The molecule has 0 fully saturated rings. The van der Waals surface area contributed by atoms with Gasteiger partial charge in [-0.05, 0) is 47.9 Å². The molecule has 126 valence electrons. The lowest BCUT2D eigenvalue weighted by Crippen LogP contribution is -2.13. The predicted octanol–water partition coefficient (Wildman–Crippen LogP) is 4.03. The fraction of sp³-hybridized carbons (Fsp3) is 0.263. The van der Waals surface area contributed by atoms with E-state index in [4.69, 9.17) is 4.74 Å². The first-order chi connectivity index (χ1) is 11.4. The van der Waals surface area contributed by atoms with Gasteiger partial charge < -0.3 is 15.4 Å². The number of rotatable bonds is 5. The van der Waals surface area contributed by atoms with Gasteiger partial charge in [0.05, 0.1) is 12.8 Å². The normalized spacial score (nSPS) is 10.4.